The summed E-state index contributed by atoms with van der Waals surface area (Å²) in [5.74, 6) is -0.693. The second kappa shape index (κ2) is 11.9. The number of nitrogens with zero attached hydrogens (tertiary/aromatic N) is 3. The number of unbranched alkanes of at least 4 members (excludes halogenated alkanes) is 2. The molecule has 0 atom stereocenters. The number of alkyl halides is 3. The van der Waals surface area contributed by atoms with Gasteiger partial charge in [-0.05, 0) is 63.6 Å². The van der Waals surface area contributed by atoms with Crippen molar-refractivity contribution in [3.05, 3.63) is 70.4 Å². The topological polar surface area (TPSA) is 93.4 Å². The van der Waals surface area contributed by atoms with E-state index in [9.17, 15) is 27.7 Å². The highest BCUT2D eigenvalue weighted by Crippen LogP contribution is 2.35. The van der Waals surface area contributed by atoms with Gasteiger partial charge in [0.25, 0.3) is 5.91 Å². The van der Waals surface area contributed by atoms with Crippen LogP contribution in [-0.4, -0.2) is 26.1 Å². The van der Waals surface area contributed by atoms with Crippen LogP contribution < -0.4 is 5.32 Å². The Bertz CT molecular complexity index is 1300. The van der Waals surface area contributed by atoms with Crippen LogP contribution in [0.15, 0.2) is 58.6 Å². The maximum Gasteiger partial charge on any atom is 0.416 e. The number of imidazole rings is 1. The van der Waals surface area contributed by atoms with Crippen LogP contribution in [0, 0.1) is 11.8 Å². The molecule has 0 unspecified atom stereocenters. The summed E-state index contributed by atoms with van der Waals surface area (Å²) in [6, 6.07) is 11.5. The van der Waals surface area contributed by atoms with E-state index >= 15 is 0 Å². The molecule has 0 saturated heterocycles. The summed E-state index contributed by atoms with van der Waals surface area (Å²) in [7, 11) is 0. The first kappa shape index (κ1) is 29.1. The molecule has 0 aliphatic heterocycles. The van der Waals surface area contributed by atoms with Crippen molar-refractivity contribution in [3.8, 4) is 11.4 Å². The maximum absolute atomic E-state index is 13.1. The van der Waals surface area contributed by atoms with Gasteiger partial charge >= 0.3 is 12.1 Å². The van der Waals surface area contributed by atoms with E-state index in [1.54, 1.807) is 20.8 Å². The fourth-order valence-corrected chi connectivity index (χ4v) is 4.80. The molecule has 0 spiro atoms. The highest BCUT2D eigenvalue weighted by Gasteiger charge is 2.31. The molecule has 11 heteroatoms. The molecule has 3 rings (SSSR count). The molecule has 7 nitrogen and oxygen atoms in total. The number of nitroso groups, excluding NO2 is 1. The van der Waals surface area contributed by atoms with E-state index < -0.39 is 28.3 Å². The molecular weight excluding hydrogens is 517 g/mol. The quantitative estimate of drug-likeness (QED) is 0.162. The molecule has 0 radical (unpaired) electrons. The minimum Gasteiger partial charge on any atom is -0.328 e. The summed E-state index contributed by atoms with van der Waals surface area (Å²) in [6.07, 6.45) is -1.58. The minimum absolute atomic E-state index is 0.179. The Morgan fingerprint density at radius 2 is 1.66 bits per heavy atom. The minimum atomic E-state index is -4.46. The number of aromatic nitrogens is 2. The van der Waals surface area contributed by atoms with Crippen molar-refractivity contribution in [1.29, 1.82) is 0 Å². The number of nitrogens with one attached hydrogen (secondary N) is 1. The van der Waals surface area contributed by atoms with Crippen LogP contribution in [0.5, 0.6) is 0 Å². The number of anilines is 1. The maximum atomic E-state index is 13.1. The fourth-order valence-electron chi connectivity index (χ4n) is 3.82. The van der Waals surface area contributed by atoms with Gasteiger partial charge in [0.2, 0.25) is 0 Å². The molecule has 2 aromatic carbocycles. The third-order valence-corrected chi connectivity index (χ3v) is 7.17. The van der Waals surface area contributed by atoms with Crippen LogP contribution in [0.3, 0.4) is 0 Å². The van der Waals surface area contributed by atoms with Gasteiger partial charge in [0, 0.05) is 33.6 Å². The SMILES string of the molecule is CCCCCn1c(-c2ccc(SC(C)(C)C(=O)N=O)cc2)nc(C(=O)Nc2ccc(C(F)(F)F)cc2)c1C. The Balaban J connectivity index is 1.89. The average molecular weight is 547 g/mol. The molecule has 3 aromatic rings. The van der Waals surface area contributed by atoms with Gasteiger partial charge in [0.1, 0.15) is 11.5 Å². The van der Waals surface area contributed by atoms with Gasteiger partial charge in [0.15, 0.2) is 0 Å². The van der Waals surface area contributed by atoms with Crippen molar-refractivity contribution in [1.82, 2.24) is 9.55 Å². The normalized spacial score (nSPS) is 11.9. The summed E-state index contributed by atoms with van der Waals surface area (Å²) in [5, 5.41) is 5.17. The first-order valence-electron chi connectivity index (χ1n) is 12.1. The van der Waals surface area contributed by atoms with Crippen LogP contribution in [0.25, 0.3) is 11.4 Å². The van der Waals surface area contributed by atoms with E-state index in [0.717, 1.165) is 41.9 Å². The van der Waals surface area contributed by atoms with E-state index in [1.165, 1.54) is 23.9 Å². The summed E-state index contributed by atoms with van der Waals surface area (Å²) in [5.41, 5.74) is 1.00. The van der Waals surface area contributed by atoms with Gasteiger partial charge < -0.3 is 9.88 Å². The van der Waals surface area contributed by atoms with Gasteiger partial charge in [-0.2, -0.15) is 13.2 Å². The van der Waals surface area contributed by atoms with E-state index in [2.05, 4.69) is 22.4 Å². The Kier molecular flexibility index (Phi) is 9.14. The lowest BCUT2D eigenvalue weighted by Gasteiger charge is -2.18. The molecule has 202 valence electrons. The number of thioether (sulfide) groups is 1. The molecule has 38 heavy (non-hydrogen) atoms. The molecule has 1 aromatic heterocycles. The van der Waals surface area contributed by atoms with Crippen molar-refractivity contribution >= 4 is 29.3 Å². The Morgan fingerprint density at radius 1 is 1.03 bits per heavy atom. The van der Waals surface area contributed by atoms with Crippen LogP contribution in [0.4, 0.5) is 18.9 Å². The van der Waals surface area contributed by atoms with Crippen LogP contribution in [0.1, 0.15) is 61.8 Å². The van der Waals surface area contributed by atoms with Gasteiger partial charge in [-0.3, -0.25) is 9.59 Å². The second-order valence-corrected chi connectivity index (χ2v) is 11.0. The number of hydrogen-bond donors (Lipinski definition) is 1. The smallest absolute Gasteiger partial charge is 0.328 e. The molecule has 1 N–H and O–H groups in total. The van der Waals surface area contributed by atoms with Crippen LogP contribution in [-0.2, 0) is 17.5 Å². The third kappa shape index (κ3) is 6.89. The molecular formula is C27H29F3N4O3S. The predicted molar refractivity (Wildman–Crippen MR) is 142 cm³/mol. The Morgan fingerprint density at radius 3 is 2.21 bits per heavy atom. The van der Waals surface area contributed by atoms with Gasteiger partial charge in [-0.15, -0.1) is 16.7 Å². The molecule has 0 aliphatic rings. The average Bonchev–Trinajstić information content (AvgIpc) is 3.19. The molecule has 0 bridgehead atoms. The summed E-state index contributed by atoms with van der Waals surface area (Å²) in [4.78, 5) is 40.9. The second-order valence-electron chi connectivity index (χ2n) is 9.29. The van der Waals surface area contributed by atoms with Crippen molar-refractivity contribution < 1.29 is 22.8 Å². The molecule has 2 amide bonds. The van der Waals surface area contributed by atoms with Crippen molar-refractivity contribution in [2.24, 2.45) is 5.18 Å². The van der Waals surface area contributed by atoms with E-state index in [4.69, 9.17) is 0 Å². The van der Waals surface area contributed by atoms with Crippen molar-refractivity contribution in [2.75, 3.05) is 5.32 Å². The number of carbonyl (C=O) groups is 2. The first-order chi connectivity index (χ1) is 17.9. The number of hydrogen-bond acceptors (Lipinski definition) is 5. The number of carbonyl (C=O) groups excluding carboxylic acids is 2. The monoisotopic (exact) mass is 546 g/mol. The number of rotatable bonds is 10. The summed E-state index contributed by atoms with van der Waals surface area (Å²) < 4.78 is 39.5. The zero-order chi connectivity index (χ0) is 28.1. The van der Waals surface area contributed by atoms with Gasteiger partial charge in [-0.1, -0.05) is 31.9 Å². The Labute approximate surface area is 223 Å². The van der Waals surface area contributed by atoms with Gasteiger partial charge in [0.05, 0.1) is 10.3 Å². The standard InChI is InChI=1S/C27H29F3N4O3S/c1-5-6-7-16-34-17(2)22(24(35)31-20-12-10-19(11-13-20)27(28,29)30)32-23(34)18-8-14-21(15-9-18)38-26(3,4)25(36)33-37/h8-15H,5-7,16H2,1-4H3,(H,31,35). The van der Waals surface area contributed by atoms with E-state index in [-0.39, 0.29) is 11.4 Å². The molecule has 0 fully saturated rings. The highest BCUT2D eigenvalue weighted by molar-refractivity contribution is 8.01. The fraction of sp³-hybridized carbons (Fsp3) is 0.370. The summed E-state index contributed by atoms with van der Waals surface area (Å²) in [6.45, 7) is 7.77. The lowest BCUT2D eigenvalue weighted by molar-refractivity contribution is -0.137. The predicted octanol–water partition coefficient (Wildman–Crippen LogP) is 7.48. The van der Waals surface area contributed by atoms with Crippen molar-refractivity contribution in [3.63, 3.8) is 0 Å². The zero-order valence-electron chi connectivity index (χ0n) is 21.6. The van der Waals surface area contributed by atoms with Crippen LogP contribution in [0.2, 0.25) is 0 Å². The third-order valence-electron chi connectivity index (χ3n) is 5.97. The summed E-state index contributed by atoms with van der Waals surface area (Å²) >= 11 is 1.22. The lowest BCUT2D eigenvalue weighted by Crippen LogP contribution is -2.25. The molecule has 1 heterocycles. The van der Waals surface area contributed by atoms with Crippen LogP contribution >= 0.6 is 11.8 Å². The molecule has 0 aliphatic carbocycles. The molecule has 0 saturated carbocycles. The van der Waals surface area contributed by atoms with Crippen molar-refractivity contribution in [2.45, 2.75) is 69.3 Å². The van der Waals surface area contributed by atoms with Gasteiger partial charge in [-0.25, -0.2) is 4.98 Å². The first-order valence-corrected chi connectivity index (χ1v) is 12.9. The number of benzene rings is 2. The Hall–Kier alpha value is -3.47. The zero-order valence-corrected chi connectivity index (χ0v) is 22.4. The largest absolute Gasteiger partial charge is 0.416 e. The number of amides is 2. The van der Waals surface area contributed by atoms with E-state index in [0.29, 0.717) is 18.1 Å². The highest BCUT2D eigenvalue weighted by atomic mass is 32.2. The van der Waals surface area contributed by atoms with E-state index in [1.807, 2.05) is 28.8 Å². The number of halogens is 3. The lowest BCUT2D eigenvalue weighted by atomic mass is 10.2.